The number of pyridine rings is 1. The number of hydrogen-bond donors (Lipinski definition) is 2. The van der Waals surface area contributed by atoms with Gasteiger partial charge < -0.3 is 16.0 Å². The van der Waals surface area contributed by atoms with Crippen LogP contribution in [0.15, 0.2) is 29.8 Å². The Hall–Kier alpha value is -2.82. The average molecular weight is 438 g/mol. The average Bonchev–Trinajstić information content (AvgIpc) is 3.34. The number of carbonyl (C=O) groups excluding carboxylic acids is 1. The van der Waals surface area contributed by atoms with Crippen molar-refractivity contribution in [2.45, 2.75) is 43.9 Å². The van der Waals surface area contributed by atoms with Gasteiger partial charge in [0, 0.05) is 30.7 Å². The molecule has 0 atom stereocenters. The highest BCUT2D eigenvalue weighted by Crippen LogP contribution is 2.31. The monoisotopic (exact) mass is 438 g/mol. The molecule has 1 aliphatic rings. The van der Waals surface area contributed by atoms with Gasteiger partial charge in [0.2, 0.25) is 0 Å². The molecule has 4 rings (SSSR count). The number of nitrogen functional groups attached to an aromatic ring is 1. The number of amides is 1. The van der Waals surface area contributed by atoms with E-state index in [-0.39, 0.29) is 23.6 Å². The second-order valence-corrected chi connectivity index (χ2v) is 8.29. The quantitative estimate of drug-likeness (QED) is 0.650. The molecule has 0 bridgehead atoms. The van der Waals surface area contributed by atoms with Crippen molar-refractivity contribution in [2.75, 3.05) is 17.7 Å². The number of anilines is 2. The molecule has 1 saturated carbocycles. The van der Waals surface area contributed by atoms with Crippen molar-refractivity contribution in [1.82, 2.24) is 19.7 Å². The van der Waals surface area contributed by atoms with Crippen molar-refractivity contribution >= 4 is 33.8 Å². The highest BCUT2D eigenvalue weighted by molar-refractivity contribution is 7.13. The number of carbonyl (C=O) groups is 1. The van der Waals surface area contributed by atoms with Crippen LogP contribution in [0, 0.1) is 0 Å². The van der Waals surface area contributed by atoms with E-state index in [2.05, 4.69) is 15.3 Å². The van der Waals surface area contributed by atoms with Crippen molar-refractivity contribution in [3.63, 3.8) is 0 Å². The molecule has 0 radical (unpaired) electrons. The molecule has 7 nitrogen and oxygen atoms in total. The van der Waals surface area contributed by atoms with Gasteiger partial charge in [0.05, 0.1) is 0 Å². The van der Waals surface area contributed by atoms with Crippen LogP contribution < -0.4 is 16.0 Å². The van der Waals surface area contributed by atoms with E-state index in [4.69, 9.17) is 5.73 Å². The maximum absolute atomic E-state index is 13.1. The Labute approximate surface area is 174 Å². The minimum absolute atomic E-state index is 0.0333. The number of nitrogens with two attached hydrogens (primary N) is 1. The molecule has 0 aliphatic heterocycles. The van der Waals surface area contributed by atoms with E-state index in [0.717, 1.165) is 31.9 Å². The maximum atomic E-state index is 13.1. The summed E-state index contributed by atoms with van der Waals surface area (Å²) in [6.07, 6.45) is -0.301. The minimum atomic E-state index is -4.49. The van der Waals surface area contributed by atoms with E-state index >= 15 is 0 Å². The molecule has 1 aliphatic carbocycles. The first-order valence-electron chi connectivity index (χ1n) is 9.52. The van der Waals surface area contributed by atoms with Gasteiger partial charge in [-0.15, -0.1) is 11.3 Å². The van der Waals surface area contributed by atoms with Gasteiger partial charge in [-0.3, -0.25) is 9.20 Å². The van der Waals surface area contributed by atoms with E-state index in [1.54, 1.807) is 23.6 Å². The fourth-order valence-corrected chi connectivity index (χ4v) is 4.41. The van der Waals surface area contributed by atoms with Crippen molar-refractivity contribution in [3.8, 4) is 0 Å². The molecule has 1 fully saturated rings. The van der Waals surface area contributed by atoms with Crippen LogP contribution in [-0.4, -0.2) is 39.4 Å². The van der Waals surface area contributed by atoms with Gasteiger partial charge >= 0.3 is 6.18 Å². The second kappa shape index (κ2) is 7.78. The van der Waals surface area contributed by atoms with Crippen LogP contribution >= 0.6 is 11.3 Å². The molecule has 0 unspecified atom stereocenters. The third-order valence-electron chi connectivity index (χ3n) is 5.46. The number of halogens is 3. The lowest BCUT2D eigenvalue weighted by atomic mass is 9.90. The predicted octanol–water partition coefficient (Wildman–Crippen LogP) is 3.57. The normalized spacial score (nSPS) is 19.7. The number of rotatable bonds is 4. The van der Waals surface area contributed by atoms with Crippen LogP contribution in [0.4, 0.5) is 24.1 Å². The number of hydrogen-bond acceptors (Lipinski definition) is 6. The Morgan fingerprint density at radius 3 is 2.63 bits per heavy atom. The summed E-state index contributed by atoms with van der Waals surface area (Å²) in [5.41, 5.74) is 5.25. The van der Waals surface area contributed by atoms with Gasteiger partial charge in [0.25, 0.3) is 5.91 Å². The molecule has 3 aromatic heterocycles. The molecule has 0 spiro atoms. The van der Waals surface area contributed by atoms with Crippen molar-refractivity contribution in [2.24, 2.45) is 0 Å². The predicted molar refractivity (Wildman–Crippen MR) is 109 cm³/mol. The Bertz CT molecular complexity index is 1050. The van der Waals surface area contributed by atoms with Gasteiger partial charge in [-0.25, -0.2) is 9.97 Å². The summed E-state index contributed by atoms with van der Waals surface area (Å²) in [7, 11) is 1.88. The summed E-state index contributed by atoms with van der Waals surface area (Å²) in [5, 5.41) is 4.97. The number of nitrogens with one attached hydrogen (secondary N) is 1. The van der Waals surface area contributed by atoms with Crippen LogP contribution in [0.2, 0.25) is 0 Å². The molecular weight excluding hydrogens is 417 g/mol. The maximum Gasteiger partial charge on any atom is 0.434 e. The van der Waals surface area contributed by atoms with Crippen molar-refractivity contribution in [1.29, 1.82) is 0 Å². The van der Waals surface area contributed by atoms with Gasteiger partial charge in [-0.05, 0) is 37.8 Å². The molecular formula is C19H21F3N6OS. The minimum Gasteiger partial charge on any atom is -0.375 e. The molecule has 3 aromatic rings. The molecule has 160 valence electrons. The molecule has 3 heterocycles. The number of alkyl halides is 3. The highest BCUT2D eigenvalue weighted by Gasteiger charge is 2.34. The summed E-state index contributed by atoms with van der Waals surface area (Å²) in [6, 6.07) is 5.24. The summed E-state index contributed by atoms with van der Waals surface area (Å²) in [6.45, 7) is 0. The fourth-order valence-electron chi connectivity index (χ4n) is 3.87. The summed E-state index contributed by atoms with van der Waals surface area (Å²) < 4.78 is 40.6. The molecule has 11 heteroatoms. The van der Waals surface area contributed by atoms with Gasteiger partial charge in [0.1, 0.15) is 17.2 Å². The molecule has 3 N–H and O–H groups in total. The first-order chi connectivity index (χ1) is 14.2. The lowest BCUT2D eigenvalue weighted by molar-refractivity contribution is -0.140. The number of fused-ring (bicyclic) bond motifs is 1. The Balaban J connectivity index is 1.42. The Morgan fingerprint density at radius 2 is 2.00 bits per heavy atom. The van der Waals surface area contributed by atoms with Gasteiger partial charge in [-0.2, -0.15) is 13.2 Å². The van der Waals surface area contributed by atoms with Crippen LogP contribution in [0.1, 0.15) is 41.9 Å². The lowest BCUT2D eigenvalue weighted by Gasteiger charge is -2.36. The molecule has 1 amide bonds. The van der Waals surface area contributed by atoms with Gasteiger partial charge in [0.15, 0.2) is 10.8 Å². The van der Waals surface area contributed by atoms with E-state index in [9.17, 15) is 18.0 Å². The Morgan fingerprint density at radius 1 is 1.27 bits per heavy atom. The second-order valence-electron chi connectivity index (χ2n) is 7.40. The summed E-state index contributed by atoms with van der Waals surface area (Å²) >= 11 is 1.22. The zero-order chi connectivity index (χ0) is 21.5. The van der Waals surface area contributed by atoms with Crippen LogP contribution in [-0.2, 0) is 6.18 Å². The third-order valence-corrected chi connectivity index (χ3v) is 6.13. The smallest absolute Gasteiger partial charge is 0.375 e. The van der Waals surface area contributed by atoms with E-state index in [1.165, 1.54) is 15.7 Å². The van der Waals surface area contributed by atoms with Crippen LogP contribution in [0.5, 0.6) is 0 Å². The zero-order valence-electron chi connectivity index (χ0n) is 16.2. The van der Waals surface area contributed by atoms with Crippen molar-refractivity contribution in [3.05, 3.63) is 41.2 Å². The summed E-state index contributed by atoms with van der Waals surface area (Å²) in [4.78, 5) is 21.9. The number of imidazole rings is 1. The van der Waals surface area contributed by atoms with Crippen molar-refractivity contribution < 1.29 is 18.0 Å². The standard InChI is InChI=1S/C19H21F3N6OS/c1-27(16-4-2-3-15-26-14(9-28(15)16)19(20,21)22)12-7-5-11(6-8-12)24-17(29)13-10-30-18(23)25-13/h2-4,9-12H,5-8H2,1H3,(H2,23,25)(H,24,29)/t11-,12+. The number of aromatic nitrogens is 3. The van der Waals surface area contributed by atoms with Crippen LogP contribution in [0.25, 0.3) is 5.65 Å². The zero-order valence-corrected chi connectivity index (χ0v) is 17.0. The topological polar surface area (TPSA) is 88.5 Å². The molecule has 0 saturated heterocycles. The first kappa shape index (κ1) is 20.5. The number of thiazole rings is 1. The van der Waals surface area contributed by atoms with Crippen LogP contribution in [0.3, 0.4) is 0 Å². The summed E-state index contributed by atoms with van der Waals surface area (Å²) in [5.74, 6) is 0.420. The largest absolute Gasteiger partial charge is 0.434 e. The molecule has 0 aromatic carbocycles. The fraction of sp³-hybridized carbons (Fsp3) is 0.421. The highest BCUT2D eigenvalue weighted by atomic mass is 32.1. The first-order valence-corrected chi connectivity index (χ1v) is 10.4. The van der Waals surface area contributed by atoms with E-state index in [0.29, 0.717) is 16.6 Å². The van der Waals surface area contributed by atoms with E-state index in [1.807, 2.05) is 11.9 Å². The lowest BCUT2D eigenvalue weighted by Crippen LogP contribution is -2.43. The molecule has 30 heavy (non-hydrogen) atoms. The van der Waals surface area contributed by atoms with Gasteiger partial charge in [-0.1, -0.05) is 6.07 Å². The third kappa shape index (κ3) is 4.07. The SMILES string of the molecule is CN(c1cccc2nc(C(F)(F)F)cn12)[C@H]1CC[C@@H](NC(=O)c2csc(N)n2)CC1. The van der Waals surface area contributed by atoms with E-state index < -0.39 is 11.9 Å². The number of nitrogens with zero attached hydrogens (tertiary/aromatic N) is 4. The Kier molecular flexibility index (Phi) is 5.31.